The maximum Gasteiger partial charge on any atom is 0.248 e. The van der Waals surface area contributed by atoms with Crippen LogP contribution in [0.5, 0.6) is 0 Å². The molecule has 1 saturated heterocycles. The summed E-state index contributed by atoms with van der Waals surface area (Å²) in [5.74, 6) is 0.722. The second kappa shape index (κ2) is 9.28. The molecule has 2 heterocycles. The number of amides is 2. The molecule has 0 spiro atoms. The molecule has 3 aromatic rings. The Kier molecular flexibility index (Phi) is 6.28. The van der Waals surface area contributed by atoms with Gasteiger partial charge in [-0.15, -0.1) is 11.8 Å². The van der Waals surface area contributed by atoms with Crippen molar-refractivity contribution in [2.24, 2.45) is 0 Å². The Morgan fingerprint density at radius 1 is 1.16 bits per heavy atom. The predicted octanol–water partition coefficient (Wildman–Crippen LogP) is 3.44. The first-order chi connectivity index (χ1) is 15.5. The lowest BCUT2D eigenvalue weighted by Gasteiger charge is -2.23. The number of benzene rings is 2. The minimum absolute atomic E-state index is 0.0891. The first-order valence-electron chi connectivity index (χ1n) is 10.3. The van der Waals surface area contributed by atoms with Gasteiger partial charge in [-0.05, 0) is 50.2 Å². The van der Waals surface area contributed by atoms with E-state index >= 15 is 0 Å². The lowest BCUT2D eigenvalue weighted by Crippen LogP contribution is -2.45. The van der Waals surface area contributed by atoms with Crippen molar-refractivity contribution in [3.05, 3.63) is 77.1 Å². The molecule has 1 aliphatic rings. The van der Waals surface area contributed by atoms with E-state index in [2.05, 4.69) is 16.5 Å². The number of carbonyl (C=O) groups is 2. The van der Waals surface area contributed by atoms with Crippen LogP contribution in [-0.4, -0.2) is 44.2 Å². The average molecular weight is 446 g/mol. The van der Waals surface area contributed by atoms with Gasteiger partial charge in [0.2, 0.25) is 11.8 Å². The normalized spacial score (nSPS) is 15.4. The average Bonchev–Trinajstić information content (AvgIpc) is 3.41. The van der Waals surface area contributed by atoms with Crippen molar-refractivity contribution in [3.8, 4) is 11.8 Å². The highest BCUT2D eigenvalue weighted by Gasteiger charge is 2.35. The van der Waals surface area contributed by atoms with Crippen LogP contribution in [0.15, 0.2) is 54.6 Å². The van der Waals surface area contributed by atoms with Crippen LogP contribution in [-0.2, 0) is 16.0 Å². The lowest BCUT2D eigenvalue weighted by molar-refractivity contribution is -0.135. The van der Waals surface area contributed by atoms with Crippen molar-refractivity contribution in [1.82, 2.24) is 14.7 Å². The Morgan fingerprint density at radius 2 is 1.88 bits per heavy atom. The summed E-state index contributed by atoms with van der Waals surface area (Å²) in [7, 11) is 0. The van der Waals surface area contributed by atoms with E-state index in [0.717, 1.165) is 22.6 Å². The number of nitrogens with zero attached hydrogens (tertiary/aromatic N) is 4. The third-order valence-corrected chi connectivity index (χ3v) is 6.57. The molecule has 0 radical (unpaired) electrons. The maximum absolute atomic E-state index is 13.2. The topological polar surface area (TPSA) is 91.0 Å². The van der Waals surface area contributed by atoms with E-state index < -0.39 is 6.04 Å². The van der Waals surface area contributed by atoms with Crippen LogP contribution in [0, 0.1) is 25.2 Å². The maximum atomic E-state index is 13.2. The van der Waals surface area contributed by atoms with Gasteiger partial charge in [-0.3, -0.25) is 9.59 Å². The molecule has 32 heavy (non-hydrogen) atoms. The van der Waals surface area contributed by atoms with Crippen molar-refractivity contribution in [2.75, 3.05) is 16.9 Å². The summed E-state index contributed by atoms with van der Waals surface area (Å²) in [6.45, 7) is 3.87. The van der Waals surface area contributed by atoms with Gasteiger partial charge in [0.25, 0.3) is 0 Å². The zero-order chi connectivity index (χ0) is 22.7. The second-order valence-corrected chi connectivity index (χ2v) is 8.63. The van der Waals surface area contributed by atoms with Gasteiger partial charge in [0.1, 0.15) is 6.04 Å². The Labute approximate surface area is 191 Å². The van der Waals surface area contributed by atoms with Crippen molar-refractivity contribution in [2.45, 2.75) is 26.3 Å². The van der Waals surface area contributed by atoms with Crippen LogP contribution >= 0.6 is 11.8 Å². The van der Waals surface area contributed by atoms with Crippen LogP contribution < -0.4 is 5.32 Å². The minimum atomic E-state index is -0.534. The Hall–Kier alpha value is -3.57. The molecule has 1 unspecified atom stereocenters. The summed E-state index contributed by atoms with van der Waals surface area (Å²) in [4.78, 5) is 27.7. The number of rotatable bonds is 5. The number of hydrogen-bond donors (Lipinski definition) is 1. The molecule has 2 amide bonds. The van der Waals surface area contributed by atoms with Crippen molar-refractivity contribution in [1.29, 1.82) is 5.26 Å². The SMILES string of the molecule is Cc1nn(-c2ccccc2)c(C)c1CC(=O)N1CSCC1C(=O)Nc1ccc(C#N)cc1. The largest absolute Gasteiger partial charge is 0.324 e. The fourth-order valence-electron chi connectivity index (χ4n) is 3.76. The number of para-hydroxylation sites is 1. The summed E-state index contributed by atoms with van der Waals surface area (Å²) in [6.07, 6.45) is 0.200. The molecule has 0 aliphatic carbocycles. The number of aromatic nitrogens is 2. The van der Waals surface area contributed by atoms with Gasteiger partial charge in [0.05, 0.1) is 35.3 Å². The molecule has 0 bridgehead atoms. The highest BCUT2D eigenvalue weighted by molar-refractivity contribution is 7.99. The van der Waals surface area contributed by atoms with E-state index in [1.54, 1.807) is 40.9 Å². The van der Waals surface area contributed by atoms with Crippen LogP contribution in [0.3, 0.4) is 0 Å². The van der Waals surface area contributed by atoms with E-state index in [-0.39, 0.29) is 18.2 Å². The molecule has 2 aromatic carbocycles. The quantitative estimate of drug-likeness (QED) is 0.650. The molecule has 162 valence electrons. The number of thioether (sulfide) groups is 1. The summed E-state index contributed by atoms with van der Waals surface area (Å²) >= 11 is 1.56. The third kappa shape index (κ3) is 4.39. The van der Waals surface area contributed by atoms with Gasteiger partial charge in [0.15, 0.2) is 0 Å². The smallest absolute Gasteiger partial charge is 0.248 e. The highest BCUT2D eigenvalue weighted by atomic mass is 32.2. The number of carbonyl (C=O) groups excluding carboxylic acids is 2. The molecule has 7 nitrogen and oxygen atoms in total. The van der Waals surface area contributed by atoms with Crippen molar-refractivity contribution in [3.63, 3.8) is 0 Å². The van der Waals surface area contributed by atoms with Gasteiger partial charge < -0.3 is 10.2 Å². The number of hydrogen-bond acceptors (Lipinski definition) is 5. The van der Waals surface area contributed by atoms with E-state index in [9.17, 15) is 9.59 Å². The standard InChI is InChI=1S/C24H23N5O2S/c1-16-21(17(2)29(27-16)20-6-4-3-5-7-20)12-23(30)28-15-32-14-22(28)24(31)26-19-10-8-18(13-25)9-11-19/h3-11,22H,12,14-15H2,1-2H3,(H,26,31). The summed E-state index contributed by atoms with van der Waals surface area (Å²) in [5, 5.41) is 16.4. The Balaban J connectivity index is 1.47. The van der Waals surface area contributed by atoms with Crippen LogP contribution in [0.4, 0.5) is 5.69 Å². The molecule has 4 rings (SSSR count). The van der Waals surface area contributed by atoms with E-state index in [4.69, 9.17) is 5.26 Å². The van der Waals surface area contributed by atoms with Gasteiger partial charge >= 0.3 is 0 Å². The van der Waals surface area contributed by atoms with Crippen LogP contribution in [0.1, 0.15) is 22.5 Å². The number of nitrogens with one attached hydrogen (secondary N) is 1. The fourth-order valence-corrected chi connectivity index (χ4v) is 4.94. The first kappa shape index (κ1) is 21.7. The lowest BCUT2D eigenvalue weighted by atomic mass is 10.1. The first-order valence-corrected chi connectivity index (χ1v) is 11.4. The number of anilines is 1. The van der Waals surface area contributed by atoms with Gasteiger partial charge in [-0.2, -0.15) is 10.4 Å². The van der Waals surface area contributed by atoms with Gasteiger partial charge in [-0.25, -0.2) is 4.68 Å². The Morgan fingerprint density at radius 3 is 2.56 bits per heavy atom. The predicted molar refractivity (Wildman–Crippen MR) is 124 cm³/mol. The third-order valence-electron chi connectivity index (χ3n) is 5.56. The Bertz CT molecular complexity index is 1180. The summed E-state index contributed by atoms with van der Waals surface area (Å²) in [5.41, 5.74) is 4.70. The zero-order valence-electron chi connectivity index (χ0n) is 17.9. The molecule has 1 N–H and O–H groups in total. The van der Waals surface area contributed by atoms with Gasteiger partial charge in [-0.1, -0.05) is 18.2 Å². The fraction of sp³-hybridized carbons (Fsp3) is 0.250. The molecule has 1 aliphatic heterocycles. The van der Waals surface area contributed by atoms with Crippen molar-refractivity contribution < 1.29 is 9.59 Å². The van der Waals surface area contributed by atoms with E-state index in [0.29, 0.717) is 22.9 Å². The molecular formula is C24H23N5O2S. The molecular weight excluding hydrogens is 422 g/mol. The van der Waals surface area contributed by atoms with Crippen molar-refractivity contribution >= 4 is 29.3 Å². The molecule has 0 saturated carbocycles. The highest BCUT2D eigenvalue weighted by Crippen LogP contribution is 2.25. The number of nitriles is 1. The molecule has 1 atom stereocenters. The second-order valence-electron chi connectivity index (χ2n) is 7.63. The van der Waals surface area contributed by atoms with E-state index in [1.165, 1.54) is 0 Å². The monoisotopic (exact) mass is 445 g/mol. The van der Waals surface area contributed by atoms with Crippen LogP contribution in [0.2, 0.25) is 0 Å². The summed E-state index contributed by atoms with van der Waals surface area (Å²) in [6, 6.07) is 18.0. The summed E-state index contributed by atoms with van der Waals surface area (Å²) < 4.78 is 1.85. The minimum Gasteiger partial charge on any atom is -0.324 e. The van der Waals surface area contributed by atoms with Crippen LogP contribution in [0.25, 0.3) is 5.69 Å². The molecule has 8 heteroatoms. The molecule has 1 fully saturated rings. The van der Waals surface area contributed by atoms with E-state index in [1.807, 2.05) is 48.9 Å². The molecule has 1 aromatic heterocycles. The van der Waals surface area contributed by atoms with Gasteiger partial charge in [0, 0.05) is 22.7 Å². The zero-order valence-corrected chi connectivity index (χ0v) is 18.7. The number of aryl methyl sites for hydroxylation is 1.